The first-order valence-electron chi connectivity index (χ1n) is 3.11. The topological polar surface area (TPSA) is 0 Å². The first-order chi connectivity index (χ1) is 4.85. The van der Waals surface area contributed by atoms with E-state index < -0.39 is 0 Å². The molecule has 0 aliphatic heterocycles. The summed E-state index contributed by atoms with van der Waals surface area (Å²) in [7, 11) is 0. The maximum atomic E-state index is 3.94. The van der Waals surface area contributed by atoms with Gasteiger partial charge in [0, 0.05) is 0 Å². The van der Waals surface area contributed by atoms with E-state index in [2.05, 4.69) is 19.2 Å². The molecule has 10 heavy (non-hydrogen) atoms. The molecule has 0 rings (SSSR count). The Labute approximate surface area is 68.1 Å². The molecule has 0 amide bonds. The first kappa shape index (κ1) is 9.31. The van der Waals surface area contributed by atoms with Crippen LogP contribution in [-0.2, 0) is 0 Å². The normalized spacial score (nSPS) is 13.2. The first-order valence-corrected chi connectivity index (χ1v) is 3.63. The van der Waals surface area contributed by atoms with Gasteiger partial charge in [0.15, 0.2) is 0 Å². The molecule has 0 fully saturated rings. The third-order valence-corrected chi connectivity index (χ3v) is 1.13. The van der Waals surface area contributed by atoms with E-state index in [0.717, 1.165) is 5.57 Å². The molecule has 0 N–H and O–H groups in total. The fourth-order valence-electron chi connectivity index (χ4n) is 0.485. The molecule has 0 unspecified atom stereocenters. The van der Waals surface area contributed by atoms with E-state index >= 15 is 0 Å². The van der Waals surface area contributed by atoms with Crippen LogP contribution >= 0.6 is 12.6 Å². The molecule has 1 heteroatoms. The molecule has 0 saturated heterocycles. The van der Waals surface area contributed by atoms with E-state index in [1.54, 1.807) is 11.5 Å². The lowest BCUT2D eigenvalue weighted by Crippen LogP contribution is -1.65. The zero-order valence-corrected chi connectivity index (χ0v) is 7.01. The highest BCUT2D eigenvalue weighted by Crippen LogP contribution is 1.98. The van der Waals surface area contributed by atoms with Crippen LogP contribution in [0.25, 0.3) is 0 Å². The summed E-state index contributed by atoms with van der Waals surface area (Å²) in [6.45, 7) is 5.62. The van der Waals surface area contributed by atoms with Gasteiger partial charge in [-0.25, -0.2) is 0 Å². The van der Waals surface area contributed by atoms with Gasteiger partial charge in [0.05, 0.1) is 0 Å². The Bertz CT molecular complexity index is 173. The maximum Gasteiger partial charge on any atom is -0.0258 e. The number of hydrogen-bond acceptors (Lipinski definition) is 1. The van der Waals surface area contributed by atoms with Crippen molar-refractivity contribution in [3.63, 3.8) is 0 Å². The van der Waals surface area contributed by atoms with Crippen LogP contribution in [0, 0.1) is 0 Å². The summed E-state index contributed by atoms with van der Waals surface area (Å²) >= 11 is 3.94. The SMILES string of the molecule is C=CC(/C=C/S)=C\C=C/C. The average molecular weight is 152 g/mol. The van der Waals surface area contributed by atoms with Gasteiger partial charge >= 0.3 is 0 Å². The van der Waals surface area contributed by atoms with Crippen LogP contribution < -0.4 is 0 Å². The van der Waals surface area contributed by atoms with E-state index in [1.165, 1.54) is 0 Å². The van der Waals surface area contributed by atoms with E-state index in [0.29, 0.717) is 0 Å². The van der Waals surface area contributed by atoms with Crippen LogP contribution in [0.3, 0.4) is 0 Å². The molecule has 0 heterocycles. The van der Waals surface area contributed by atoms with Gasteiger partial charge < -0.3 is 0 Å². The van der Waals surface area contributed by atoms with Crippen molar-refractivity contribution in [2.24, 2.45) is 0 Å². The van der Waals surface area contributed by atoms with Crippen molar-refractivity contribution < 1.29 is 0 Å². The Kier molecular flexibility index (Phi) is 5.99. The highest BCUT2D eigenvalue weighted by molar-refractivity contribution is 7.83. The third-order valence-electron chi connectivity index (χ3n) is 0.984. The van der Waals surface area contributed by atoms with Gasteiger partial charge in [-0.15, -0.1) is 0 Å². The fourth-order valence-corrected chi connectivity index (χ4v) is 0.657. The molecule has 0 aliphatic carbocycles. The Balaban J connectivity index is 4.17. The van der Waals surface area contributed by atoms with E-state index in [-0.39, 0.29) is 0 Å². The molecule has 0 aromatic heterocycles. The average Bonchev–Trinajstić information content (AvgIpc) is 1.98. The summed E-state index contributed by atoms with van der Waals surface area (Å²) in [4.78, 5) is 0. The highest BCUT2D eigenvalue weighted by atomic mass is 32.1. The highest BCUT2D eigenvalue weighted by Gasteiger charge is 1.77. The van der Waals surface area contributed by atoms with Crippen molar-refractivity contribution in [3.8, 4) is 0 Å². The summed E-state index contributed by atoms with van der Waals surface area (Å²) in [5, 5.41) is 1.69. The second-order valence-corrected chi connectivity index (χ2v) is 2.01. The summed E-state index contributed by atoms with van der Waals surface area (Å²) in [5.41, 5.74) is 1.06. The summed E-state index contributed by atoms with van der Waals surface area (Å²) < 4.78 is 0. The molecule has 0 atom stereocenters. The van der Waals surface area contributed by atoms with E-state index in [1.807, 2.05) is 31.2 Å². The van der Waals surface area contributed by atoms with Crippen molar-refractivity contribution in [1.82, 2.24) is 0 Å². The lowest BCUT2D eigenvalue weighted by molar-refractivity contribution is 1.67. The molecule has 0 saturated carbocycles. The maximum absolute atomic E-state index is 3.94. The van der Waals surface area contributed by atoms with Gasteiger partial charge in [-0.1, -0.05) is 30.9 Å². The molecule has 54 valence electrons. The van der Waals surface area contributed by atoms with E-state index in [9.17, 15) is 0 Å². The predicted octanol–water partition coefficient (Wildman–Crippen LogP) is 3.12. The van der Waals surface area contributed by atoms with Crippen molar-refractivity contribution in [3.05, 3.63) is 47.9 Å². The van der Waals surface area contributed by atoms with E-state index in [4.69, 9.17) is 0 Å². The summed E-state index contributed by atoms with van der Waals surface area (Å²) in [5.74, 6) is 0. The summed E-state index contributed by atoms with van der Waals surface area (Å²) in [6.07, 6.45) is 9.57. The Morgan fingerprint density at radius 1 is 1.50 bits per heavy atom. The molecular weight excluding hydrogens is 140 g/mol. The van der Waals surface area contributed by atoms with Gasteiger partial charge in [0.1, 0.15) is 0 Å². The second kappa shape index (κ2) is 6.43. The van der Waals surface area contributed by atoms with Crippen LogP contribution in [0.5, 0.6) is 0 Å². The van der Waals surface area contributed by atoms with Gasteiger partial charge in [-0.05, 0) is 24.0 Å². The Morgan fingerprint density at radius 3 is 2.60 bits per heavy atom. The number of hydrogen-bond donors (Lipinski definition) is 1. The van der Waals surface area contributed by atoms with Crippen molar-refractivity contribution in [1.29, 1.82) is 0 Å². The van der Waals surface area contributed by atoms with Gasteiger partial charge in [0.25, 0.3) is 0 Å². The molecule has 0 spiro atoms. The van der Waals surface area contributed by atoms with Crippen LogP contribution in [0.15, 0.2) is 47.9 Å². The Morgan fingerprint density at radius 2 is 2.20 bits per heavy atom. The van der Waals surface area contributed by atoms with Crippen LogP contribution in [-0.4, -0.2) is 0 Å². The molecule has 0 nitrogen and oxygen atoms in total. The van der Waals surface area contributed by atoms with Crippen LogP contribution in [0.2, 0.25) is 0 Å². The predicted molar refractivity (Wildman–Crippen MR) is 51.2 cm³/mol. The molecule has 0 radical (unpaired) electrons. The largest absolute Gasteiger partial charge is 0.151 e. The number of thiol groups is 1. The minimum atomic E-state index is 1.06. The Hall–Kier alpha value is -0.690. The van der Waals surface area contributed by atoms with Gasteiger partial charge in [-0.2, -0.15) is 12.6 Å². The molecule has 0 bridgehead atoms. The lowest BCUT2D eigenvalue weighted by atomic mass is 10.2. The minimum absolute atomic E-state index is 1.06. The zero-order valence-electron chi connectivity index (χ0n) is 6.12. The number of rotatable bonds is 3. The van der Waals surface area contributed by atoms with Gasteiger partial charge in [0.2, 0.25) is 0 Å². The zero-order chi connectivity index (χ0) is 7.82. The third kappa shape index (κ3) is 4.21. The minimum Gasteiger partial charge on any atom is -0.151 e. The molecule has 0 aromatic rings. The molecule has 0 aromatic carbocycles. The van der Waals surface area contributed by atoms with Crippen LogP contribution in [0.4, 0.5) is 0 Å². The quantitative estimate of drug-likeness (QED) is 0.466. The monoisotopic (exact) mass is 152 g/mol. The fraction of sp³-hybridized carbons (Fsp3) is 0.111. The van der Waals surface area contributed by atoms with Crippen molar-refractivity contribution in [2.75, 3.05) is 0 Å². The van der Waals surface area contributed by atoms with Crippen molar-refractivity contribution >= 4 is 12.6 Å². The van der Waals surface area contributed by atoms with Crippen LogP contribution in [0.1, 0.15) is 6.92 Å². The standard InChI is InChI=1S/C9H12S/c1-3-5-6-9(4-2)7-8-10/h3-8,10H,2H2,1H3/b5-3-,8-7+,9-6+. The lowest BCUT2D eigenvalue weighted by Gasteiger charge is -1.86. The van der Waals surface area contributed by atoms with Crippen molar-refractivity contribution in [2.45, 2.75) is 6.92 Å². The summed E-state index contributed by atoms with van der Waals surface area (Å²) in [6, 6.07) is 0. The second-order valence-electron chi connectivity index (χ2n) is 1.71. The van der Waals surface area contributed by atoms with Gasteiger partial charge in [-0.3, -0.25) is 0 Å². The molecular formula is C9H12S. The smallest absolute Gasteiger partial charge is 0.0258 e. The number of allylic oxidation sites excluding steroid dienone is 6. The molecule has 0 aliphatic rings.